The average molecular weight is 287 g/mol. The Morgan fingerprint density at radius 3 is 2.38 bits per heavy atom. The molecular formula is C18H22FNO. The third-order valence-electron chi connectivity index (χ3n) is 3.53. The summed E-state index contributed by atoms with van der Waals surface area (Å²) >= 11 is 0. The van der Waals surface area contributed by atoms with Gasteiger partial charge >= 0.3 is 0 Å². The van der Waals surface area contributed by atoms with Gasteiger partial charge in [0.15, 0.2) is 11.6 Å². The molecule has 1 atom stereocenters. The summed E-state index contributed by atoms with van der Waals surface area (Å²) in [6, 6.07) is 13.2. The molecule has 2 rings (SSSR count). The SMILES string of the molecule is CCC(N)Cc1ccc(OCc2ccc(C)cc2)c(F)c1. The van der Waals surface area contributed by atoms with Crippen molar-refractivity contribution in [3.63, 3.8) is 0 Å². The van der Waals surface area contributed by atoms with E-state index < -0.39 is 0 Å². The van der Waals surface area contributed by atoms with Gasteiger partial charge < -0.3 is 10.5 Å². The molecule has 0 heterocycles. The van der Waals surface area contributed by atoms with Gasteiger partial charge in [-0.05, 0) is 43.0 Å². The van der Waals surface area contributed by atoms with E-state index in [0.717, 1.165) is 17.5 Å². The van der Waals surface area contributed by atoms with E-state index in [9.17, 15) is 4.39 Å². The Balaban J connectivity index is 1.99. The highest BCUT2D eigenvalue weighted by Crippen LogP contribution is 2.20. The molecule has 0 bridgehead atoms. The molecule has 3 heteroatoms. The van der Waals surface area contributed by atoms with Gasteiger partial charge in [0, 0.05) is 6.04 Å². The molecule has 0 saturated heterocycles. The molecule has 0 saturated carbocycles. The summed E-state index contributed by atoms with van der Waals surface area (Å²) in [5.74, 6) is -0.0488. The van der Waals surface area contributed by atoms with Gasteiger partial charge in [-0.2, -0.15) is 0 Å². The molecule has 1 unspecified atom stereocenters. The van der Waals surface area contributed by atoms with Gasteiger partial charge in [0.05, 0.1) is 0 Å². The van der Waals surface area contributed by atoms with Crippen LogP contribution < -0.4 is 10.5 Å². The first-order valence-electron chi connectivity index (χ1n) is 7.31. The lowest BCUT2D eigenvalue weighted by atomic mass is 10.0. The van der Waals surface area contributed by atoms with E-state index in [1.165, 1.54) is 11.6 Å². The number of nitrogens with two attached hydrogens (primary N) is 1. The zero-order chi connectivity index (χ0) is 15.2. The van der Waals surface area contributed by atoms with Crippen molar-refractivity contribution < 1.29 is 9.13 Å². The molecule has 0 aliphatic heterocycles. The maximum atomic E-state index is 14.0. The molecule has 112 valence electrons. The molecule has 0 spiro atoms. The van der Waals surface area contributed by atoms with Crippen molar-refractivity contribution in [1.29, 1.82) is 0 Å². The minimum absolute atomic E-state index is 0.0729. The molecule has 2 nitrogen and oxygen atoms in total. The summed E-state index contributed by atoms with van der Waals surface area (Å²) < 4.78 is 19.5. The maximum Gasteiger partial charge on any atom is 0.165 e. The Kier molecular flexibility index (Phi) is 5.34. The van der Waals surface area contributed by atoms with Crippen molar-refractivity contribution in [3.8, 4) is 5.75 Å². The predicted octanol–water partition coefficient (Wildman–Crippen LogP) is 3.99. The quantitative estimate of drug-likeness (QED) is 0.871. The van der Waals surface area contributed by atoms with Crippen LogP contribution in [-0.2, 0) is 13.0 Å². The van der Waals surface area contributed by atoms with Crippen LogP contribution in [0.2, 0.25) is 0 Å². The second-order valence-electron chi connectivity index (χ2n) is 5.41. The summed E-state index contributed by atoms with van der Waals surface area (Å²) in [6.45, 7) is 4.43. The van der Waals surface area contributed by atoms with Crippen LogP contribution in [0.4, 0.5) is 4.39 Å². The van der Waals surface area contributed by atoms with Crippen molar-refractivity contribution in [3.05, 3.63) is 65.0 Å². The van der Waals surface area contributed by atoms with Crippen LogP contribution in [0.15, 0.2) is 42.5 Å². The zero-order valence-corrected chi connectivity index (χ0v) is 12.6. The average Bonchev–Trinajstić information content (AvgIpc) is 2.48. The van der Waals surface area contributed by atoms with Gasteiger partial charge in [0.1, 0.15) is 6.61 Å². The molecule has 21 heavy (non-hydrogen) atoms. The van der Waals surface area contributed by atoms with E-state index in [1.807, 2.05) is 44.2 Å². The Labute approximate surface area is 125 Å². The van der Waals surface area contributed by atoms with Gasteiger partial charge in [-0.25, -0.2) is 4.39 Å². The number of hydrogen-bond acceptors (Lipinski definition) is 2. The Morgan fingerprint density at radius 2 is 1.76 bits per heavy atom. The third-order valence-corrected chi connectivity index (χ3v) is 3.53. The van der Waals surface area contributed by atoms with Crippen LogP contribution in [-0.4, -0.2) is 6.04 Å². The van der Waals surface area contributed by atoms with E-state index >= 15 is 0 Å². The van der Waals surface area contributed by atoms with Gasteiger partial charge in [-0.1, -0.05) is 42.8 Å². The fraction of sp³-hybridized carbons (Fsp3) is 0.333. The van der Waals surface area contributed by atoms with Gasteiger partial charge in [0.2, 0.25) is 0 Å². The lowest BCUT2D eigenvalue weighted by molar-refractivity contribution is 0.290. The standard InChI is InChI=1S/C18H22FNO/c1-3-16(20)10-15-8-9-18(17(19)11-15)21-12-14-6-4-13(2)5-7-14/h4-9,11,16H,3,10,12,20H2,1-2H3. The van der Waals surface area contributed by atoms with Crippen molar-refractivity contribution >= 4 is 0 Å². The molecule has 0 fully saturated rings. The van der Waals surface area contributed by atoms with Crippen LogP contribution in [0.1, 0.15) is 30.0 Å². The Hall–Kier alpha value is -1.87. The number of rotatable bonds is 6. The van der Waals surface area contributed by atoms with E-state index in [2.05, 4.69) is 0 Å². The van der Waals surface area contributed by atoms with Crippen molar-refractivity contribution in [2.45, 2.75) is 39.3 Å². The summed E-state index contributed by atoms with van der Waals surface area (Å²) in [4.78, 5) is 0. The maximum absolute atomic E-state index is 14.0. The number of hydrogen-bond donors (Lipinski definition) is 1. The Bertz CT molecular complexity index is 580. The molecule has 2 aromatic rings. The second kappa shape index (κ2) is 7.23. The summed E-state index contributed by atoms with van der Waals surface area (Å²) in [5.41, 5.74) is 9.01. The van der Waals surface area contributed by atoms with E-state index in [0.29, 0.717) is 13.0 Å². The normalized spacial score (nSPS) is 12.2. The monoisotopic (exact) mass is 287 g/mol. The second-order valence-corrected chi connectivity index (χ2v) is 5.41. The summed E-state index contributed by atoms with van der Waals surface area (Å²) in [5, 5.41) is 0. The number of aryl methyl sites for hydroxylation is 1. The van der Waals surface area contributed by atoms with Crippen molar-refractivity contribution in [1.82, 2.24) is 0 Å². The highest BCUT2D eigenvalue weighted by Gasteiger charge is 2.07. The minimum Gasteiger partial charge on any atom is -0.486 e. The van der Waals surface area contributed by atoms with Gasteiger partial charge in [-0.3, -0.25) is 0 Å². The number of benzene rings is 2. The molecular weight excluding hydrogens is 265 g/mol. The highest BCUT2D eigenvalue weighted by atomic mass is 19.1. The van der Waals surface area contributed by atoms with Crippen LogP contribution in [0.5, 0.6) is 5.75 Å². The van der Waals surface area contributed by atoms with Crippen LogP contribution in [0.25, 0.3) is 0 Å². The Morgan fingerprint density at radius 1 is 1.10 bits per heavy atom. The van der Waals surface area contributed by atoms with Crippen LogP contribution >= 0.6 is 0 Å². The van der Waals surface area contributed by atoms with Crippen LogP contribution in [0.3, 0.4) is 0 Å². The zero-order valence-electron chi connectivity index (χ0n) is 12.6. The third kappa shape index (κ3) is 4.57. The lowest BCUT2D eigenvalue weighted by Crippen LogP contribution is -2.21. The van der Waals surface area contributed by atoms with Crippen LogP contribution in [0, 0.1) is 12.7 Å². The smallest absolute Gasteiger partial charge is 0.165 e. The first kappa shape index (κ1) is 15.5. The lowest BCUT2D eigenvalue weighted by Gasteiger charge is -2.11. The molecule has 0 radical (unpaired) electrons. The van der Waals surface area contributed by atoms with E-state index in [4.69, 9.17) is 10.5 Å². The van der Waals surface area contributed by atoms with Gasteiger partial charge in [-0.15, -0.1) is 0 Å². The van der Waals surface area contributed by atoms with Crippen molar-refractivity contribution in [2.75, 3.05) is 0 Å². The fourth-order valence-corrected chi connectivity index (χ4v) is 2.08. The minimum atomic E-state index is -0.331. The van der Waals surface area contributed by atoms with E-state index in [1.54, 1.807) is 6.07 Å². The molecule has 0 aliphatic carbocycles. The molecule has 2 aromatic carbocycles. The van der Waals surface area contributed by atoms with Gasteiger partial charge in [0.25, 0.3) is 0 Å². The first-order chi connectivity index (χ1) is 10.1. The summed E-state index contributed by atoms with van der Waals surface area (Å²) in [6.07, 6.45) is 1.57. The van der Waals surface area contributed by atoms with E-state index in [-0.39, 0.29) is 17.6 Å². The fourth-order valence-electron chi connectivity index (χ4n) is 2.08. The highest BCUT2D eigenvalue weighted by molar-refractivity contribution is 5.30. The predicted molar refractivity (Wildman–Crippen MR) is 83.9 cm³/mol. The largest absolute Gasteiger partial charge is 0.486 e. The number of ether oxygens (including phenoxy) is 1. The molecule has 0 aromatic heterocycles. The number of halogens is 1. The summed E-state index contributed by atoms with van der Waals surface area (Å²) in [7, 11) is 0. The topological polar surface area (TPSA) is 35.2 Å². The molecule has 0 aliphatic rings. The first-order valence-corrected chi connectivity index (χ1v) is 7.31. The molecule has 2 N–H and O–H groups in total. The van der Waals surface area contributed by atoms with Crippen molar-refractivity contribution in [2.24, 2.45) is 5.73 Å². The molecule has 0 amide bonds.